The number of para-hydroxylation sites is 1. The SMILES string of the molecule is c1ccc(-c2ccccc2-c2ccccc2-c2ccnc(-n3c4ccccc4c4ccc5ccccc5c43)n2)cc1. The molecule has 0 bridgehead atoms. The summed E-state index contributed by atoms with van der Waals surface area (Å²) < 4.78 is 2.22. The van der Waals surface area contributed by atoms with Crippen molar-refractivity contribution in [3.8, 4) is 39.5 Å². The molecule has 192 valence electrons. The maximum atomic E-state index is 5.23. The number of rotatable bonds is 4. The Kier molecular flexibility index (Phi) is 5.46. The third kappa shape index (κ3) is 3.82. The summed E-state index contributed by atoms with van der Waals surface area (Å²) in [5, 5.41) is 4.78. The fourth-order valence-corrected chi connectivity index (χ4v) is 6.07. The van der Waals surface area contributed by atoms with Crippen LogP contribution in [0.15, 0.2) is 152 Å². The highest BCUT2D eigenvalue weighted by Crippen LogP contribution is 2.39. The monoisotopic (exact) mass is 523 g/mol. The summed E-state index contributed by atoms with van der Waals surface area (Å²) in [6, 6.07) is 51.2. The van der Waals surface area contributed by atoms with E-state index in [4.69, 9.17) is 9.97 Å². The van der Waals surface area contributed by atoms with Gasteiger partial charge < -0.3 is 0 Å². The van der Waals surface area contributed by atoms with Gasteiger partial charge in [0.2, 0.25) is 5.95 Å². The summed E-state index contributed by atoms with van der Waals surface area (Å²) in [6.45, 7) is 0. The average molecular weight is 524 g/mol. The molecule has 3 nitrogen and oxygen atoms in total. The van der Waals surface area contributed by atoms with Gasteiger partial charge in [-0.1, -0.05) is 133 Å². The van der Waals surface area contributed by atoms with Crippen LogP contribution in [0.5, 0.6) is 0 Å². The minimum absolute atomic E-state index is 0.663. The Hall–Kier alpha value is -5.54. The molecule has 2 heterocycles. The maximum absolute atomic E-state index is 5.23. The smallest absolute Gasteiger partial charge is 0.235 e. The van der Waals surface area contributed by atoms with Crippen molar-refractivity contribution in [1.29, 1.82) is 0 Å². The Labute approximate surface area is 238 Å². The summed E-state index contributed by atoms with van der Waals surface area (Å²) in [5.41, 5.74) is 8.90. The Bertz CT molecular complexity index is 2210. The van der Waals surface area contributed by atoms with E-state index >= 15 is 0 Å². The lowest BCUT2D eigenvalue weighted by Gasteiger charge is -2.15. The van der Waals surface area contributed by atoms with Gasteiger partial charge in [0.05, 0.1) is 16.7 Å². The van der Waals surface area contributed by atoms with Gasteiger partial charge >= 0.3 is 0 Å². The van der Waals surface area contributed by atoms with Crippen molar-refractivity contribution in [2.45, 2.75) is 0 Å². The third-order valence-electron chi connectivity index (χ3n) is 7.91. The van der Waals surface area contributed by atoms with Gasteiger partial charge in [-0.25, -0.2) is 9.97 Å². The summed E-state index contributed by atoms with van der Waals surface area (Å²) >= 11 is 0. The molecule has 2 aromatic heterocycles. The van der Waals surface area contributed by atoms with Gasteiger partial charge in [0, 0.05) is 27.9 Å². The molecule has 0 spiro atoms. The van der Waals surface area contributed by atoms with E-state index in [0.29, 0.717) is 5.95 Å². The van der Waals surface area contributed by atoms with Gasteiger partial charge in [0.15, 0.2) is 0 Å². The lowest BCUT2D eigenvalue weighted by Crippen LogP contribution is -2.02. The van der Waals surface area contributed by atoms with Gasteiger partial charge in [-0.2, -0.15) is 0 Å². The zero-order valence-corrected chi connectivity index (χ0v) is 22.3. The van der Waals surface area contributed by atoms with Crippen molar-refractivity contribution in [1.82, 2.24) is 14.5 Å². The highest BCUT2D eigenvalue weighted by Gasteiger charge is 2.18. The van der Waals surface area contributed by atoms with Gasteiger partial charge in [-0.15, -0.1) is 0 Å². The molecule has 3 heteroatoms. The predicted octanol–water partition coefficient (Wildman–Crippen LogP) is 9.73. The lowest BCUT2D eigenvalue weighted by atomic mass is 9.91. The summed E-state index contributed by atoms with van der Waals surface area (Å²) in [5.74, 6) is 0.663. The molecule has 0 saturated carbocycles. The van der Waals surface area contributed by atoms with E-state index in [9.17, 15) is 0 Å². The first kappa shape index (κ1) is 23.4. The zero-order valence-electron chi connectivity index (χ0n) is 22.3. The standard InChI is InChI=1S/C38H25N3/c1-2-12-26(13-3-1)28-15-6-7-17-30(28)31-18-8-9-19-32(31)35-24-25-39-38(40-35)41-36-21-11-10-20-33(36)34-23-22-27-14-4-5-16-29(27)37(34)41/h1-25H. The molecular weight excluding hydrogens is 498 g/mol. The van der Waals surface area contributed by atoms with Crippen molar-refractivity contribution >= 4 is 32.6 Å². The molecule has 0 aliphatic heterocycles. The van der Waals surface area contributed by atoms with Gasteiger partial charge in [0.25, 0.3) is 0 Å². The average Bonchev–Trinajstić information content (AvgIpc) is 3.40. The highest BCUT2D eigenvalue weighted by molar-refractivity contribution is 6.18. The molecule has 0 N–H and O–H groups in total. The first-order chi connectivity index (χ1) is 20.4. The molecule has 0 atom stereocenters. The van der Waals surface area contributed by atoms with Crippen LogP contribution < -0.4 is 0 Å². The number of hydrogen-bond donors (Lipinski definition) is 0. The number of fused-ring (bicyclic) bond motifs is 5. The highest BCUT2D eigenvalue weighted by atomic mass is 15.2. The molecule has 0 unspecified atom stereocenters. The number of nitrogens with zero attached hydrogens (tertiary/aromatic N) is 3. The van der Waals surface area contributed by atoms with Crippen LogP contribution in [-0.2, 0) is 0 Å². The van der Waals surface area contributed by atoms with E-state index in [-0.39, 0.29) is 0 Å². The van der Waals surface area contributed by atoms with E-state index < -0.39 is 0 Å². The Morgan fingerprint density at radius 1 is 0.439 bits per heavy atom. The van der Waals surface area contributed by atoms with Crippen LogP contribution >= 0.6 is 0 Å². The van der Waals surface area contributed by atoms with Crippen LogP contribution in [0.2, 0.25) is 0 Å². The van der Waals surface area contributed by atoms with Crippen LogP contribution in [0.4, 0.5) is 0 Å². The molecule has 0 aliphatic carbocycles. The lowest BCUT2D eigenvalue weighted by molar-refractivity contribution is 0.994. The van der Waals surface area contributed by atoms with Crippen molar-refractivity contribution in [2.75, 3.05) is 0 Å². The van der Waals surface area contributed by atoms with Crippen molar-refractivity contribution in [3.05, 3.63) is 152 Å². The Morgan fingerprint density at radius 2 is 1.07 bits per heavy atom. The first-order valence-corrected chi connectivity index (χ1v) is 13.9. The van der Waals surface area contributed by atoms with E-state index in [0.717, 1.165) is 27.9 Å². The zero-order chi connectivity index (χ0) is 27.2. The molecule has 0 fully saturated rings. The van der Waals surface area contributed by atoms with E-state index in [2.05, 4.69) is 144 Å². The minimum Gasteiger partial charge on any atom is -0.277 e. The fourth-order valence-electron chi connectivity index (χ4n) is 6.07. The number of benzene rings is 6. The third-order valence-corrected chi connectivity index (χ3v) is 7.91. The van der Waals surface area contributed by atoms with E-state index in [1.165, 1.54) is 38.2 Å². The summed E-state index contributed by atoms with van der Waals surface area (Å²) in [6.07, 6.45) is 1.88. The molecule has 0 saturated heterocycles. The van der Waals surface area contributed by atoms with Crippen molar-refractivity contribution < 1.29 is 0 Å². The maximum Gasteiger partial charge on any atom is 0.235 e. The second kappa shape index (κ2) is 9.58. The van der Waals surface area contributed by atoms with Gasteiger partial charge in [-0.3, -0.25) is 4.57 Å². The van der Waals surface area contributed by atoms with Crippen LogP contribution in [0, 0.1) is 0 Å². The fraction of sp³-hybridized carbons (Fsp3) is 0. The van der Waals surface area contributed by atoms with Gasteiger partial charge in [0.1, 0.15) is 0 Å². The molecule has 8 aromatic rings. The number of aromatic nitrogens is 3. The van der Waals surface area contributed by atoms with Crippen LogP contribution in [0.25, 0.3) is 72.0 Å². The molecule has 0 aliphatic rings. The van der Waals surface area contributed by atoms with Crippen molar-refractivity contribution in [2.24, 2.45) is 0 Å². The number of hydrogen-bond acceptors (Lipinski definition) is 2. The Balaban J connectivity index is 1.36. The minimum atomic E-state index is 0.663. The molecular formula is C38H25N3. The van der Waals surface area contributed by atoms with Crippen LogP contribution in [0.3, 0.4) is 0 Å². The predicted molar refractivity (Wildman–Crippen MR) is 170 cm³/mol. The molecule has 41 heavy (non-hydrogen) atoms. The Morgan fingerprint density at radius 3 is 1.90 bits per heavy atom. The second-order valence-corrected chi connectivity index (χ2v) is 10.2. The largest absolute Gasteiger partial charge is 0.277 e. The second-order valence-electron chi connectivity index (χ2n) is 10.2. The normalized spacial score (nSPS) is 11.4. The summed E-state index contributed by atoms with van der Waals surface area (Å²) in [4.78, 5) is 10.1. The van der Waals surface area contributed by atoms with E-state index in [1.807, 2.05) is 12.3 Å². The van der Waals surface area contributed by atoms with Crippen LogP contribution in [-0.4, -0.2) is 14.5 Å². The molecule has 0 radical (unpaired) electrons. The topological polar surface area (TPSA) is 30.7 Å². The van der Waals surface area contributed by atoms with Crippen LogP contribution in [0.1, 0.15) is 0 Å². The quantitative estimate of drug-likeness (QED) is 0.230. The molecule has 0 amide bonds. The molecule has 8 rings (SSSR count). The van der Waals surface area contributed by atoms with Crippen molar-refractivity contribution in [3.63, 3.8) is 0 Å². The van der Waals surface area contributed by atoms with Gasteiger partial charge in [-0.05, 0) is 39.8 Å². The molecule has 6 aromatic carbocycles. The first-order valence-electron chi connectivity index (χ1n) is 13.9. The van der Waals surface area contributed by atoms with E-state index in [1.54, 1.807) is 0 Å². The summed E-state index contributed by atoms with van der Waals surface area (Å²) in [7, 11) is 0.